The van der Waals surface area contributed by atoms with E-state index >= 15 is 0 Å². The smallest absolute Gasteiger partial charge is 0.124 e. The lowest BCUT2D eigenvalue weighted by atomic mass is 9.93. The van der Waals surface area contributed by atoms with E-state index in [-0.39, 0.29) is 6.04 Å². The van der Waals surface area contributed by atoms with Gasteiger partial charge in [-0.2, -0.15) is 0 Å². The van der Waals surface area contributed by atoms with Gasteiger partial charge in [-0.1, -0.05) is 18.2 Å². The topological polar surface area (TPSA) is 46.3 Å². The molecule has 24 heavy (non-hydrogen) atoms. The van der Waals surface area contributed by atoms with Crippen molar-refractivity contribution >= 4 is 10.9 Å². The summed E-state index contributed by atoms with van der Waals surface area (Å²) >= 11 is 0. The molecule has 4 heteroatoms. The molecule has 0 aliphatic carbocycles. The van der Waals surface area contributed by atoms with Gasteiger partial charge in [0.1, 0.15) is 11.5 Å². The summed E-state index contributed by atoms with van der Waals surface area (Å²) < 4.78 is 11.2. The zero-order chi connectivity index (χ0) is 16.7. The van der Waals surface area contributed by atoms with Gasteiger partial charge in [0.05, 0.1) is 20.3 Å². The molecule has 0 fully saturated rings. The SMILES string of the molecule is COc1cc(C2NCCc3c2[nH]c2ccccc32)c(OC)cc1C. The van der Waals surface area contributed by atoms with Crippen molar-refractivity contribution in [3.63, 3.8) is 0 Å². The molecule has 3 aromatic rings. The Morgan fingerprint density at radius 3 is 2.62 bits per heavy atom. The lowest BCUT2D eigenvalue weighted by Crippen LogP contribution is -2.30. The van der Waals surface area contributed by atoms with Crippen LogP contribution in [-0.4, -0.2) is 25.7 Å². The summed E-state index contributed by atoms with van der Waals surface area (Å²) in [4.78, 5) is 3.61. The Hall–Kier alpha value is -2.46. The number of methoxy groups -OCH3 is 2. The van der Waals surface area contributed by atoms with E-state index in [1.165, 1.54) is 22.2 Å². The minimum absolute atomic E-state index is 0.0746. The standard InChI is InChI=1S/C20H22N2O2/c1-12-10-18(24-3)15(11-17(12)23-2)19-20-14(8-9-21-19)13-6-4-5-7-16(13)22-20/h4-7,10-11,19,21-22H,8-9H2,1-3H3. The number of para-hydroxylation sites is 1. The van der Waals surface area contributed by atoms with Crippen LogP contribution >= 0.6 is 0 Å². The van der Waals surface area contributed by atoms with E-state index in [4.69, 9.17) is 9.47 Å². The third-order valence-electron chi connectivity index (χ3n) is 4.92. The van der Waals surface area contributed by atoms with E-state index in [0.29, 0.717) is 0 Å². The number of fused-ring (bicyclic) bond motifs is 3. The molecule has 124 valence electrons. The zero-order valence-corrected chi connectivity index (χ0v) is 14.3. The molecule has 1 atom stereocenters. The summed E-state index contributed by atoms with van der Waals surface area (Å²) in [7, 11) is 3.43. The van der Waals surface area contributed by atoms with Crippen LogP contribution in [0, 0.1) is 6.92 Å². The highest BCUT2D eigenvalue weighted by molar-refractivity contribution is 5.85. The maximum Gasteiger partial charge on any atom is 0.124 e. The lowest BCUT2D eigenvalue weighted by Gasteiger charge is -2.27. The van der Waals surface area contributed by atoms with E-state index in [2.05, 4.69) is 40.6 Å². The van der Waals surface area contributed by atoms with Crippen molar-refractivity contribution in [1.29, 1.82) is 0 Å². The first-order valence-corrected chi connectivity index (χ1v) is 8.28. The highest BCUT2D eigenvalue weighted by atomic mass is 16.5. The summed E-state index contributed by atoms with van der Waals surface area (Å²) in [5.74, 6) is 1.77. The fraction of sp³-hybridized carbons (Fsp3) is 0.300. The van der Waals surface area contributed by atoms with Crippen LogP contribution in [0.5, 0.6) is 11.5 Å². The Morgan fingerprint density at radius 2 is 1.83 bits per heavy atom. The van der Waals surface area contributed by atoms with Crippen molar-refractivity contribution in [3.8, 4) is 11.5 Å². The Kier molecular flexibility index (Phi) is 3.69. The number of aromatic nitrogens is 1. The second-order valence-corrected chi connectivity index (χ2v) is 6.26. The number of aromatic amines is 1. The minimum atomic E-state index is 0.0746. The second-order valence-electron chi connectivity index (χ2n) is 6.26. The minimum Gasteiger partial charge on any atom is -0.496 e. The monoisotopic (exact) mass is 322 g/mol. The van der Waals surface area contributed by atoms with Crippen molar-refractivity contribution in [3.05, 3.63) is 58.8 Å². The van der Waals surface area contributed by atoms with E-state index < -0.39 is 0 Å². The number of rotatable bonds is 3. The van der Waals surface area contributed by atoms with Gasteiger partial charge in [-0.25, -0.2) is 0 Å². The third-order valence-corrected chi connectivity index (χ3v) is 4.92. The van der Waals surface area contributed by atoms with Gasteiger partial charge in [-0.15, -0.1) is 0 Å². The van der Waals surface area contributed by atoms with Crippen LogP contribution in [0.2, 0.25) is 0 Å². The van der Waals surface area contributed by atoms with Crippen LogP contribution in [-0.2, 0) is 6.42 Å². The molecule has 0 radical (unpaired) electrons. The molecule has 1 aliphatic rings. The molecular formula is C20H22N2O2. The van der Waals surface area contributed by atoms with Crippen LogP contribution in [0.15, 0.2) is 36.4 Å². The predicted octanol–water partition coefficient (Wildman–Crippen LogP) is 3.73. The van der Waals surface area contributed by atoms with Crippen LogP contribution in [0.3, 0.4) is 0 Å². The Bertz CT molecular complexity index is 898. The number of aryl methyl sites for hydroxylation is 1. The summed E-state index contributed by atoms with van der Waals surface area (Å²) in [6.45, 7) is 2.98. The Morgan fingerprint density at radius 1 is 1.04 bits per heavy atom. The number of hydrogen-bond donors (Lipinski definition) is 2. The van der Waals surface area contributed by atoms with E-state index in [0.717, 1.165) is 35.6 Å². The van der Waals surface area contributed by atoms with Crippen molar-refractivity contribution in [2.75, 3.05) is 20.8 Å². The second kappa shape index (κ2) is 5.87. The molecule has 1 aliphatic heterocycles. The summed E-state index contributed by atoms with van der Waals surface area (Å²) in [6.07, 6.45) is 1.03. The van der Waals surface area contributed by atoms with Gasteiger partial charge in [-0.3, -0.25) is 0 Å². The molecule has 2 aromatic carbocycles. The predicted molar refractivity (Wildman–Crippen MR) is 96.1 cm³/mol. The zero-order valence-electron chi connectivity index (χ0n) is 14.3. The molecule has 2 heterocycles. The van der Waals surface area contributed by atoms with Gasteiger partial charge in [-0.05, 0) is 42.7 Å². The average molecular weight is 322 g/mol. The fourth-order valence-corrected chi connectivity index (χ4v) is 3.75. The van der Waals surface area contributed by atoms with Crippen molar-refractivity contribution in [2.45, 2.75) is 19.4 Å². The molecule has 0 saturated carbocycles. The molecule has 4 nitrogen and oxygen atoms in total. The molecule has 0 saturated heterocycles. The van der Waals surface area contributed by atoms with Crippen LogP contribution in [0.25, 0.3) is 10.9 Å². The lowest BCUT2D eigenvalue weighted by molar-refractivity contribution is 0.390. The number of benzene rings is 2. The number of ether oxygens (including phenoxy) is 2. The van der Waals surface area contributed by atoms with Gasteiger partial charge in [0.25, 0.3) is 0 Å². The maximum atomic E-state index is 5.66. The summed E-state index contributed by atoms with van der Waals surface area (Å²) in [6, 6.07) is 12.7. The average Bonchev–Trinajstić information content (AvgIpc) is 3.00. The van der Waals surface area contributed by atoms with Gasteiger partial charge in [0.15, 0.2) is 0 Å². The first-order chi connectivity index (χ1) is 11.7. The molecule has 1 unspecified atom stereocenters. The van der Waals surface area contributed by atoms with Crippen molar-refractivity contribution < 1.29 is 9.47 Å². The molecule has 0 spiro atoms. The van der Waals surface area contributed by atoms with Gasteiger partial charge in [0, 0.05) is 28.7 Å². The molecule has 0 amide bonds. The first kappa shape index (κ1) is 15.1. The van der Waals surface area contributed by atoms with Crippen LogP contribution in [0.1, 0.15) is 28.4 Å². The molecule has 4 rings (SSSR count). The molecule has 0 bridgehead atoms. The quantitative estimate of drug-likeness (QED) is 0.772. The normalized spacial score (nSPS) is 16.9. The van der Waals surface area contributed by atoms with Gasteiger partial charge < -0.3 is 19.8 Å². The number of nitrogens with one attached hydrogen (secondary N) is 2. The van der Waals surface area contributed by atoms with Gasteiger partial charge >= 0.3 is 0 Å². The first-order valence-electron chi connectivity index (χ1n) is 8.28. The molecule has 2 N–H and O–H groups in total. The van der Waals surface area contributed by atoms with Crippen LogP contribution in [0.4, 0.5) is 0 Å². The number of hydrogen-bond acceptors (Lipinski definition) is 3. The van der Waals surface area contributed by atoms with Gasteiger partial charge in [0.2, 0.25) is 0 Å². The largest absolute Gasteiger partial charge is 0.496 e. The summed E-state index contributed by atoms with van der Waals surface area (Å²) in [5, 5.41) is 4.95. The third kappa shape index (κ3) is 2.26. The summed E-state index contributed by atoms with van der Waals surface area (Å²) in [5.41, 5.74) is 6.00. The maximum absolute atomic E-state index is 5.66. The van der Waals surface area contributed by atoms with E-state index in [9.17, 15) is 0 Å². The van der Waals surface area contributed by atoms with Crippen LogP contribution < -0.4 is 14.8 Å². The number of H-pyrrole nitrogens is 1. The Labute approximate surface area is 141 Å². The van der Waals surface area contributed by atoms with Crippen molar-refractivity contribution in [1.82, 2.24) is 10.3 Å². The highest BCUT2D eigenvalue weighted by Crippen LogP contribution is 2.39. The molecule has 1 aromatic heterocycles. The van der Waals surface area contributed by atoms with E-state index in [1.807, 2.05) is 13.0 Å². The fourth-order valence-electron chi connectivity index (χ4n) is 3.75. The Balaban J connectivity index is 1.90. The highest BCUT2D eigenvalue weighted by Gasteiger charge is 2.28. The molecular weight excluding hydrogens is 300 g/mol. The van der Waals surface area contributed by atoms with E-state index in [1.54, 1.807) is 14.2 Å². The van der Waals surface area contributed by atoms with Crippen molar-refractivity contribution in [2.24, 2.45) is 0 Å².